The zero-order valence-corrected chi connectivity index (χ0v) is 16.5. The zero-order valence-electron chi connectivity index (χ0n) is 14.1. The molecule has 0 aliphatic carbocycles. The van der Waals surface area contributed by atoms with Crippen molar-refractivity contribution in [3.63, 3.8) is 0 Å². The second-order valence-electron chi connectivity index (χ2n) is 5.38. The molecule has 0 spiro atoms. The van der Waals surface area contributed by atoms with Gasteiger partial charge >= 0.3 is 0 Å². The number of nitrogens with zero attached hydrogens (tertiary/aromatic N) is 3. The molecule has 6 nitrogen and oxygen atoms in total. The Labute approximate surface area is 164 Å². The lowest BCUT2D eigenvalue weighted by molar-refractivity contribution is -0.113. The molecular formula is C17H16Cl2N4O2S. The zero-order chi connectivity index (χ0) is 18.7. The molecule has 0 unspecified atom stereocenters. The molecule has 0 aliphatic rings. The van der Waals surface area contributed by atoms with E-state index in [2.05, 4.69) is 15.5 Å². The lowest BCUT2D eigenvalue weighted by Gasteiger charge is -2.09. The van der Waals surface area contributed by atoms with Crippen LogP contribution in [0.1, 0.15) is 12.7 Å². The predicted molar refractivity (Wildman–Crippen MR) is 104 cm³/mol. The van der Waals surface area contributed by atoms with Crippen LogP contribution in [0.2, 0.25) is 10.0 Å². The molecule has 1 aromatic carbocycles. The molecule has 1 N–H and O–H groups in total. The van der Waals surface area contributed by atoms with Crippen LogP contribution in [0.15, 0.2) is 40.1 Å². The number of halogens is 2. The normalized spacial score (nSPS) is 10.9. The van der Waals surface area contributed by atoms with E-state index >= 15 is 0 Å². The van der Waals surface area contributed by atoms with Crippen molar-refractivity contribution in [2.45, 2.75) is 25.5 Å². The molecule has 0 aliphatic heterocycles. The van der Waals surface area contributed by atoms with Crippen LogP contribution in [0.25, 0.3) is 11.4 Å². The van der Waals surface area contributed by atoms with Gasteiger partial charge in [0.2, 0.25) is 5.91 Å². The van der Waals surface area contributed by atoms with Gasteiger partial charge in [-0.2, -0.15) is 0 Å². The summed E-state index contributed by atoms with van der Waals surface area (Å²) in [6.45, 7) is 4.55. The number of furan rings is 1. The minimum atomic E-state index is -0.203. The predicted octanol–water partition coefficient (Wildman–Crippen LogP) is 4.90. The highest BCUT2D eigenvalue weighted by molar-refractivity contribution is 7.99. The second-order valence-corrected chi connectivity index (χ2v) is 7.11. The van der Waals surface area contributed by atoms with Crippen molar-refractivity contribution < 1.29 is 9.21 Å². The fraction of sp³-hybridized carbons (Fsp3) is 0.235. The second kappa shape index (κ2) is 8.16. The van der Waals surface area contributed by atoms with Gasteiger partial charge in [0, 0.05) is 6.54 Å². The molecule has 2 heterocycles. The van der Waals surface area contributed by atoms with E-state index in [1.54, 1.807) is 24.5 Å². The largest absolute Gasteiger partial charge is 0.469 e. The first-order chi connectivity index (χ1) is 12.5. The standard InChI is InChI=1S/C17H16Cl2N4O2S/c1-3-23-16(11-7-8-25-10(11)2)21-22-17(23)26-9-14(24)20-13-6-4-5-12(18)15(13)19/h4-8H,3,9H2,1-2H3,(H,20,24). The summed E-state index contributed by atoms with van der Waals surface area (Å²) in [6.07, 6.45) is 1.62. The quantitative estimate of drug-likeness (QED) is 0.584. The molecule has 3 rings (SSSR count). The van der Waals surface area contributed by atoms with Gasteiger partial charge < -0.3 is 14.3 Å². The number of aryl methyl sites for hydroxylation is 1. The molecule has 0 atom stereocenters. The first kappa shape index (κ1) is 18.8. The van der Waals surface area contributed by atoms with Crippen LogP contribution in [0.3, 0.4) is 0 Å². The number of benzene rings is 1. The summed E-state index contributed by atoms with van der Waals surface area (Å²) in [4.78, 5) is 12.2. The highest BCUT2D eigenvalue weighted by atomic mass is 35.5. The number of aromatic nitrogens is 3. The van der Waals surface area contributed by atoms with Crippen LogP contribution in [0, 0.1) is 6.92 Å². The van der Waals surface area contributed by atoms with Gasteiger partial charge in [-0.1, -0.05) is 41.0 Å². The summed E-state index contributed by atoms with van der Waals surface area (Å²) in [5.74, 6) is 1.47. The molecule has 0 saturated carbocycles. The molecule has 0 saturated heterocycles. The summed E-state index contributed by atoms with van der Waals surface area (Å²) in [5, 5.41) is 12.6. The number of amides is 1. The van der Waals surface area contributed by atoms with Crippen molar-refractivity contribution in [3.05, 3.63) is 46.3 Å². The van der Waals surface area contributed by atoms with E-state index in [-0.39, 0.29) is 11.7 Å². The lowest BCUT2D eigenvalue weighted by atomic mass is 10.2. The Kier molecular flexibility index (Phi) is 5.90. The number of anilines is 1. The Bertz CT molecular complexity index is 939. The molecule has 3 aromatic rings. The average molecular weight is 411 g/mol. The molecule has 1 amide bonds. The maximum atomic E-state index is 12.2. The third-order valence-electron chi connectivity index (χ3n) is 3.69. The minimum absolute atomic E-state index is 0.172. The Hall–Kier alpha value is -1.96. The number of rotatable bonds is 6. The van der Waals surface area contributed by atoms with Crippen molar-refractivity contribution in [2.24, 2.45) is 0 Å². The SMILES string of the molecule is CCn1c(SCC(=O)Nc2cccc(Cl)c2Cl)nnc1-c1ccoc1C. The van der Waals surface area contributed by atoms with E-state index in [9.17, 15) is 4.79 Å². The smallest absolute Gasteiger partial charge is 0.234 e. The van der Waals surface area contributed by atoms with Gasteiger partial charge in [0.05, 0.1) is 33.3 Å². The van der Waals surface area contributed by atoms with Crippen LogP contribution in [-0.2, 0) is 11.3 Å². The third kappa shape index (κ3) is 3.90. The van der Waals surface area contributed by atoms with Gasteiger partial charge in [0.15, 0.2) is 11.0 Å². The molecule has 9 heteroatoms. The van der Waals surface area contributed by atoms with Gasteiger partial charge in [-0.3, -0.25) is 4.79 Å². The van der Waals surface area contributed by atoms with Crippen molar-refractivity contribution in [1.82, 2.24) is 14.8 Å². The van der Waals surface area contributed by atoms with Crippen molar-refractivity contribution >= 4 is 46.6 Å². The monoisotopic (exact) mass is 410 g/mol. The number of carbonyl (C=O) groups excluding carboxylic acids is 1. The van der Waals surface area contributed by atoms with Gasteiger partial charge in [0.25, 0.3) is 0 Å². The molecule has 26 heavy (non-hydrogen) atoms. The summed E-state index contributed by atoms with van der Waals surface area (Å²) in [7, 11) is 0. The lowest BCUT2D eigenvalue weighted by Crippen LogP contribution is -2.15. The van der Waals surface area contributed by atoms with Crippen LogP contribution in [0.5, 0.6) is 0 Å². The van der Waals surface area contributed by atoms with Gasteiger partial charge in [-0.15, -0.1) is 10.2 Å². The van der Waals surface area contributed by atoms with Crippen LogP contribution < -0.4 is 5.32 Å². The van der Waals surface area contributed by atoms with E-state index in [0.29, 0.717) is 27.4 Å². The summed E-state index contributed by atoms with van der Waals surface area (Å²) in [6, 6.07) is 6.94. The van der Waals surface area contributed by atoms with Gasteiger partial charge in [-0.25, -0.2) is 0 Å². The Morgan fingerprint density at radius 3 is 2.81 bits per heavy atom. The Balaban J connectivity index is 1.70. The van der Waals surface area contributed by atoms with Crippen molar-refractivity contribution in [1.29, 1.82) is 0 Å². The van der Waals surface area contributed by atoms with E-state index in [1.165, 1.54) is 11.8 Å². The molecule has 0 bridgehead atoms. The number of thioether (sulfide) groups is 1. The number of carbonyl (C=O) groups is 1. The van der Waals surface area contributed by atoms with Crippen molar-refractivity contribution in [3.8, 4) is 11.4 Å². The van der Waals surface area contributed by atoms with Gasteiger partial charge in [-0.05, 0) is 32.0 Å². The molecular weight excluding hydrogens is 395 g/mol. The Morgan fingerprint density at radius 2 is 2.12 bits per heavy atom. The number of hydrogen-bond donors (Lipinski definition) is 1. The highest BCUT2D eigenvalue weighted by Crippen LogP contribution is 2.30. The highest BCUT2D eigenvalue weighted by Gasteiger charge is 2.17. The van der Waals surface area contributed by atoms with Gasteiger partial charge in [0.1, 0.15) is 5.76 Å². The molecule has 0 radical (unpaired) electrons. The van der Waals surface area contributed by atoms with Crippen molar-refractivity contribution in [2.75, 3.05) is 11.1 Å². The Morgan fingerprint density at radius 1 is 1.31 bits per heavy atom. The molecule has 2 aromatic heterocycles. The number of hydrogen-bond acceptors (Lipinski definition) is 5. The van der Waals surface area contributed by atoms with E-state index in [4.69, 9.17) is 27.6 Å². The summed E-state index contributed by atoms with van der Waals surface area (Å²) in [5.41, 5.74) is 1.37. The summed E-state index contributed by atoms with van der Waals surface area (Å²) < 4.78 is 7.28. The van der Waals surface area contributed by atoms with E-state index < -0.39 is 0 Å². The maximum Gasteiger partial charge on any atom is 0.234 e. The number of nitrogens with one attached hydrogen (secondary N) is 1. The van der Waals surface area contributed by atoms with E-state index in [0.717, 1.165) is 17.1 Å². The fourth-order valence-corrected chi connectivity index (χ4v) is 3.56. The fourth-order valence-electron chi connectivity index (χ4n) is 2.41. The van der Waals surface area contributed by atoms with Crippen LogP contribution >= 0.6 is 35.0 Å². The first-order valence-electron chi connectivity index (χ1n) is 7.85. The third-order valence-corrected chi connectivity index (χ3v) is 5.48. The first-order valence-corrected chi connectivity index (χ1v) is 9.59. The van der Waals surface area contributed by atoms with Crippen LogP contribution in [-0.4, -0.2) is 26.4 Å². The summed E-state index contributed by atoms with van der Waals surface area (Å²) >= 11 is 13.3. The average Bonchev–Trinajstić information content (AvgIpc) is 3.22. The van der Waals surface area contributed by atoms with Crippen LogP contribution in [0.4, 0.5) is 5.69 Å². The molecule has 136 valence electrons. The van der Waals surface area contributed by atoms with E-state index in [1.807, 2.05) is 24.5 Å². The minimum Gasteiger partial charge on any atom is -0.469 e. The molecule has 0 fully saturated rings. The topological polar surface area (TPSA) is 73.0 Å². The maximum absolute atomic E-state index is 12.2.